The van der Waals surface area contributed by atoms with Crippen LogP contribution in [0.2, 0.25) is 0 Å². The average Bonchev–Trinajstić information content (AvgIpc) is 3.46. The summed E-state index contributed by atoms with van der Waals surface area (Å²) in [7, 11) is 0. The number of carbonyl (C=O) groups excluding carboxylic acids is 1. The third kappa shape index (κ3) is 5.39. The average molecular weight is 528 g/mol. The third-order valence-electron chi connectivity index (χ3n) is 8.21. The summed E-state index contributed by atoms with van der Waals surface area (Å²) in [5.74, 6) is 0.385. The second kappa shape index (κ2) is 10.9. The molecule has 2 aliphatic rings. The van der Waals surface area contributed by atoms with Gasteiger partial charge in [-0.05, 0) is 86.4 Å². The zero-order chi connectivity index (χ0) is 26.8. The highest BCUT2D eigenvalue weighted by atomic mass is 16.5. The highest BCUT2D eigenvalue weighted by molar-refractivity contribution is 6.05. The predicted molar refractivity (Wildman–Crippen MR) is 148 cm³/mol. The van der Waals surface area contributed by atoms with Gasteiger partial charge < -0.3 is 25.0 Å². The van der Waals surface area contributed by atoms with E-state index < -0.39 is 5.97 Å². The third-order valence-corrected chi connectivity index (χ3v) is 8.21. The molecule has 1 atom stereocenters. The van der Waals surface area contributed by atoms with E-state index in [2.05, 4.69) is 26.3 Å². The Bertz CT molecular complexity index is 1480. The second-order valence-electron chi connectivity index (χ2n) is 10.8. The molecular weight excluding hydrogens is 494 g/mol. The van der Waals surface area contributed by atoms with E-state index >= 15 is 0 Å². The lowest BCUT2D eigenvalue weighted by Crippen LogP contribution is -2.50. The Labute approximate surface area is 226 Å². The Morgan fingerprint density at radius 3 is 2.67 bits per heavy atom. The molecule has 0 bridgehead atoms. The van der Waals surface area contributed by atoms with Crippen LogP contribution in [0.4, 0.5) is 4.79 Å². The second-order valence-corrected chi connectivity index (χ2v) is 10.8. The van der Waals surface area contributed by atoms with E-state index in [0.717, 1.165) is 61.6 Å². The monoisotopic (exact) mass is 527 g/mol. The van der Waals surface area contributed by atoms with Crippen molar-refractivity contribution in [2.75, 3.05) is 19.7 Å². The number of ether oxygens (including phenoxy) is 1. The van der Waals surface area contributed by atoms with Crippen molar-refractivity contribution in [3.63, 3.8) is 0 Å². The summed E-state index contributed by atoms with van der Waals surface area (Å²) in [6.07, 6.45) is 11.6. The summed E-state index contributed by atoms with van der Waals surface area (Å²) in [5, 5.41) is 14.7. The molecule has 9 heteroatoms. The first-order valence-electron chi connectivity index (χ1n) is 13.8. The SMILES string of the molecule is O=C(O)c1ccc(OCC2CCCN(C(=O)NC3CCC(c4cc[nH]c5cnc6nccc6c45)CC3)C2)cc1. The molecule has 1 aliphatic heterocycles. The minimum atomic E-state index is -0.953. The molecule has 0 radical (unpaired) electrons. The fourth-order valence-corrected chi connectivity index (χ4v) is 6.13. The summed E-state index contributed by atoms with van der Waals surface area (Å²) >= 11 is 0. The lowest BCUT2D eigenvalue weighted by Gasteiger charge is -2.35. The van der Waals surface area contributed by atoms with Crippen LogP contribution in [-0.4, -0.2) is 62.7 Å². The summed E-state index contributed by atoms with van der Waals surface area (Å²) < 4.78 is 5.90. The first-order valence-corrected chi connectivity index (χ1v) is 13.8. The summed E-state index contributed by atoms with van der Waals surface area (Å²) in [5.41, 5.74) is 3.39. The molecule has 6 rings (SSSR count). The van der Waals surface area contributed by atoms with Gasteiger partial charge in [0.25, 0.3) is 0 Å². The Kier molecular flexibility index (Phi) is 7.04. The van der Waals surface area contributed by atoms with Crippen LogP contribution in [0.15, 0.2) is 55.0 Å². The van der Waals surface area contributed by atoms with Gasteiger partial charge in [-0.1, -0.05) is 0 Å². The molecule has 1 saturated heterocycles. The van der Waals surface area contributed by atoms with Crippen molar-refractivity contribution in [1.82, 2.24) is 25.2 Å². The van der Waals surface area contributed by atoms with Crippen molar-refractivity contribution >= 4 is 33.9 Å². The Morgan fingerprint density at radius 1 is 1.05 bits per heavy atom. The van der Waals surface area contributed by atoms with Crippen LogP contribution in [0, 0.1) is 5.92 Å². The lowest BCUT2D eigenvalue weighted by atomic mass is 9.80. The van der Waals surface area contributed by atoms with Crippen LogP contribution < -0.4 is 10.1 Å². The van der Waals surface area contributed by atoms with E-state index in [1.807, 2.05) is 29.6 Å². The minimum absolute atomic E-state index is 0.0179. The maximum Gasteiger partial charge on any atom is 0.335 e. The summed E-state index contributed by atoms with van der Waals surface area (Å²) in [6, 6.07) is 10.9. The maximum atomic E-state index is 13.1. The molecule has 202 valence electrons. The highest BCUT2D eigenvalue weighted by Gasteiger charge is 2.29. The number of hydrogen-bond acceptors (Lipinski definition) is 5. The number of aromatic carboxylic acids is 1. The van der Waals surface area contributed by atoms with Crippen LogP contribution in [0.5, 0.6) is 5.75 Å². The minimum Gasteiger partial charge on any atom is -0.493 e. The van der Waals surface area contributed by atoms with Crippen LogP contribution in [-0.2, 0) is 0 Å². The lowest BCUT2D eigenvalue weighted by molar-refractivity contribution is 0.0696. The number of fused-ring (bicyclic) bond motifs is 3. The van der Waals surface area contributed by atoms with Gasteiger partial charge in [0.05, 0.1) is 23.9 Å². The zero-order valence-corrected chi connectivity index (χ0v) is 21.8. The van der Waals surface area contributed by atoms with Crippen molar-refractivity contribution < 1.29 is 19.4 Å². The smallest absolute Gasteiger partial charge is 0.335 e. The number of aromatic nitrogens is 3. The number of H-pyrrole nitrogens is 1. The zero-order valence-electron chi connectivity index (χ0n) is 21.8. The molecule has 1 unspecified atom stereocenters. The summed E-state index contributed by atoms with van der Waals surface area (Å²) in [4.78, 5) is 38.3. The number of nitrogens with zero attached hydrogens (tertiary/aromatic N) is 3. The molecule has 3 N–H and O–H groups in total. The number of amides is 2. The van der Waals surface area contributed by atoms with Crippen molar-refractivity contribution in [2.45, 2.75) is 50.5 Å². The number of carboxylic acids is 1. The molecular formula is C30H33N5O4. The van der Waals surface area contributed by atoms with Gasteiger partial charge >= 0.3 is 12.0 Å². The fourth-order valence-electron chi connectivity index (χ4n) is 6.13. The van der Waals surface area contributed by atoms with Crippen molar-refractivity contribution in [3.05, 3.63) is 66.1 Å². The van der Waals surface area contributed by atoms with E-state index in [-0.39, 0.29) is 23.6 Å². The molecule has 2 fully saturated rings. The highest BCUT2D eigenvalue weighted by Crippen LogP contribution is 2.38. The number of carboxylic acid groups (broad SMARTS) is 1. The molecule has 1 aromatic carbocycles. The van der Waals surface area contributed by atoms with E-state index in [1.165, 1.54) is 10.9 Å². The maximum absolute atomic E-state index is 13.1. The summed E-state index contributed by atoms with van der Waals surface area (Å²) in [6.45, 7) is 1.93. The van der Waals surface area contributed by atoms with Gasteiger partial charge in [0.2, 0.25) is 0 Å². The molecule has 9 nitrogen and oxygen atoms in total. The van der Waals surface area contributed by atoms with Gasteiger partial charge in [-0.25, -0.2) is 19.6 Å². The van der Waals surface area contributed by atoms with Gasteiger partial charge in [0.1, 0.15) is 5.75 Å². The number of pyridine rings is 2. The van der Waals surface area contributed by atoms with E-state index in [0.29, 0.717) is 24.8 Å². The molecule has 3 aromatic heterocycles. The van der Waals surface area contributed by atoms with Crippen LogP contribution in [0.3, 0.4) is 0 Å². The molecule has 39 heavy (non-hydrogen) atoms. The Hall–Kier alpha value is -4.14. The first kappa shape index (κ1) is 25.2. The number of hydrogen-bond donors (Lipinski definition) is 3. The predicted octanol–water partition coefficient (Wildman–Crippen LogP) is 5.34. The van der Waals surface area contributed by atoms with E-state index in [9.17, 15) is 9.59 Å². The van der Waals surface area contributed by atoms with Crippen molar-refractivity contribution in [1.29, 1.82) is 0 Å². The molecule has 4 heterocycles. The number of urea groups is 1. The first-order chi connectivity index (χ1) is 19.0. The molecule has 0 spiro atoms. The number of rotatable bonds is 6. The van der Waals surface area contributed by atoms with E-state index in [1.54, 1.807) is 24.3 Å². The molecule has 1 saturated carbocycles. The largest absolute Gasteiger partial charge is 0.493 e. The van der Waals surface area contributed by atoms with Gasteiger partial charge in [-0.2, -0.15) is 0 Å². The molecule has 4 aromatic rings. The van der Waals surface area contributed by atoms with Gasteiger partial charge in [0.15, 0.2) is 5.65 Å². The van der Waals surface area contributed by atoms with Gasteiger partial charge in [-0.15, -0.1) is 0 Å². The number of piperidine rings is 1. The van der Waals surface area contributed by atoms with Crippen molar-refractivity contribution in [2.24, 2.45) is 5.92 Å². The van der Waals surface area contributed by atoms with Crippen LogP contribution >= 0.6 is 0 Å². The number of likely N-dealkylation sites (tertiary alicyclic amines) is 1. The van der Waals surface area contributed by atoms with Gasteiger partial charge in [-0.3, -0.25) is 0 Å². The van der Waals surface area contributed by atoms with Crippen LogP contribution in [0.1, 0.15) is 60.4 Å². The van der Waals surface area contributed by atoms with E-state index in [4.69, 9.17) is 9.84 Å². The Morgan fingerprint density at radius 2 is 1.87 bits per heavy atom. The number of benzene rings is 1. The standard InChI is InChI=1S/C30H33N5O4/c36-29(37)21-5-9-23(10-6-21)39-18-19-2-1-15-35(17-19)30(38)34-22-7-3-20(4-8-22)24-11-13-31-26-16-33-28-25(27(24)26)12-14-32-28/h5-6,9-14,16,19-20,22,31H,1-4,7-8,15,17-18H2,(H,34,38)(H,36,37). The van der Waals surface area contributed by atoms with Crippen LogP contribution in [0.25, 0.3) is 21.9 Å². The van der Waals surface area contributed by atoms with Crippen molar-refractivity contribution in [3.8, 4) is 5.75 Å². The topological polar surface area (TPSA) is 120 Å². The number of aromatic amines is 1. The normalized spacial score (nSPS) is 21.6. The van der Waals surface area contributed by atoms with Gasteiger partial charge in [0, 0.05) is 48.2 Å². The molecule has 2 amide bonds. The Balaban J connectivity index is 1.02. The fraction of sp³-hybridized carbons (Fsp3) is 0.400. The molecule has 1 aliphatic carbocycles. The quantitative estimate of drug-likeness (QED) is 0.311. The number of nitrogens with one attached hydrogen (secondary N) is 2. The number of carbonyl (C=O) groups is 2.